The average Bonchev–Trinajstić information content (AvgIpc) is 2.34. The Kier molecular flexibility index (Phi) is 4.32. The number of aromatic nitrogens is 1. The van der Waals surface area contributed by atoms with Crippen LogP contribution in [-0.2, 0) is 6.42 Å². The van der Waals surface area contributed by atoms with E-state index in [4.69, 9.17) is 11.6 Å². The van der Waals surface area contributed by atoms with Gasteiger partial charge in [-0.15, -0.1) is 0 Å². The van der Waals surface area contributed by atoms with Gasteiger partial charge in [0.25, 0.3) is 0 Å². The van der Waals surface area contributed by atoms with Gasteiger partial charge >= 0.3 is 0 Å². The molecule has 2 nitrogen and oxygen atoms in total. The van der Waals surface area contributed by atoms with Crippen LogP contribution < -0.4 is 0 Å². The van der Waals surface area contributed by atoms with Gasteiger partial charge in [-0.2, -0.15) is 0 Å². The third-order valence-electron chi connectivity index (χ3n) is 2.52. The van der Waals surface area contributed by atoms with E-state index in [2.05, 4.69) is 20.9 Å². The number of pyridine rings is 1. The summed E-state index contributed by atoms with van der Waals surface area (Å²) in [6, 6.07) is 7.69. The van der Waals surface area contributed by atoms with Gasteiger partial charge in [0.2, 0.25) is 0 Å². The van der Waals surface area contributed by atoms with Gasteiger partial charge in [-0.3, -0.25) is 4.98 Å². The second-order valence-electron chi connectivity index (χ2n) is 3.83. The Morgan fingerprint density at radius 1 is 1.39 bits per heavy atom. The molecule has 0 aliphatic carbocycles. The lowest BCUT2D eigenvalue weighted by molar-refractivity contribution is 0.173. The molecule has 0 radical (unpaired) electrons. The van der Waals surface area contributed by atoms with Gasteiger partial charge < -0.3 is 5.11 Å². The largest absolute Gasteiger partial charge is 0.386 e. The third-order valence-corrected chi connectivity index (χ3v) is 3.62. The molecule has 2 rings (SSSR count). The van der Waals surface area contributed by atoms with E-state index in [-0.39, 0.29) is 12.2 Å². The molecular formula is C13H10BrClFNO. The highest BCUT2D eigenvalue weighted by atomic mass is 79.9. The van der Waals surface area contributed by atoms with Gasteiger partial charge in [0.1, 0.15) is 11.9 Å². The Bertz CT molecular complexity index is 564. The Hall–Kier alpha value is -0.970. The summed E-state index contributed by atoms with van der Waals surface area (Å²) in [4.78, 5) is 4.04. The van der Waals surface area contributed by atoms with Crippen LogP contribution in [0.1, 0.15) is 17.4 Å². The van der Waals surface area contributed by atoms with Crippen molar-refractivity contribution in [3.05, 3.63) is 63.1 Å². The molecule has 5 heteroatoms. The van der Waals surface area contributed by atoms with Gasteiger partial charge in [-0.25, -0.2) is 4.39 Å². The summed E-state index contributed by atoms with van der Waals surface area (Å²) >= 11 is 9.27. The van der Waals surface area contributed by atoms with E-state index in [1.54, 1.807) is 24.4 Å². The number of benzene rings is 1. The number of halogens is 3. The summed E-state index contributed by atoms with van der Waals surface area (Å²) in [7, 11) is 0. The molecule has 18 heavy (non-hydrogen) atoms. The highest BCUT2D eigenvalue weighted by Gasteiger charge is 2.15. The maximum Gasteiger partial charge on any atom is 0.123 e. The first-order valence-electron chi connectivity index (χ1n) is 5.30. The van der Waals surface area contributed by atoms with Crippen LogP contribution in [0.25, 0.3) is 0 Å². The van der Waals surface area contributed by atoms with Crippen LogP contribution in [0.15, 0.2) is 41.0 Å². The van der Waals surface area contributed by atoms with E-state index in [1.165, 1.54) is 12.1 Å². The number of aliphatic hydroxyl groups is 1. The zero-order valence-corrected chi connectivity index (χ0v) is 11.6. The molecular weight excluding hydrogens is 321 g/mol. The molecule has 0 bridgehead atoms. The Balaban J connectivity index is 2.24. The molecule has 1 heterocycles. The summed E-state index contributed by atoms with van der Waals surface area (Å²) < 4.78 is 13.9. The summed E-state index contributed by atoms with van der Waals surface area (Å²) in [5.41, 5.74) is 1.07. The maximum absolute atomic E-state index is 13.1. The van der Waals surface area contributed by atoms with Gasteiger partial charge in [0.15, 0.2) is 0 Å². The first kappa shape index (κ1) is 13.5. The topological polar surface area (TPSA) is 33.1 Å². The average molecular weight is 331 g/mol. The van der Waals surface area contributed by atoms with Gasteiger partial charge in [-0.1, -0.05) is 27.5 Å². The molecule has 1 N–H and O–H groups in total. The Morgan fingerprint density at radius 3 is 2.89 bits per heavy atom. The number of hydrogen-bond acceptors (Lipinski definition) is 2. The van der Waals surface area contributed by atoms with Crippen LogP contribution in [0.3, 0.4) is 0 Å². The van der Waals surface area contributed by atoms with E-state index < -0.39 is 6.10 Å². The second-order valence-corrected chi connectivity index (χ2v) is 5.09. The van der Waals surface area contributed by atoms with Crippen molar-refractivity contribution >= 4 is 27.5 Å². The molecule has 1 unspecified atom stereocenters. The quantitative estimate of drug-likeness (QED) is 0.925. The predicted octanol–water partition coefficient (Wildman–Crippen LogP) is 3.91. The zero-order chi connectivity index (χ0) is 13.1. The molecule has 1 atom stereocenters. The molecule has 1 aromatic heterocycles. The minimum Gasteiger partial charge on any atom is -0.386 e. The number of hydrogen-bond donors (Lipinski definition) is 1. The summed E-state index contributed by atoms with van der Waals surface area (Å²) in [6.07, 6.45) is 0.942. The van der Waals surface area contributed by atoms with Crippen molar-refractivity contribution in [2.75, 3.05) is 0 Å². The van der Waals surface area contributed by atoms with Crippen molar-refractivity contribution in [1.29, 1.82) is 0 Å². The molecule has 0 aliphatic rings. The van der Waals surface area contributed by atoms with Crippen LogP contribution in [0.4, 0.5) is 4.39 Å². The summed E-state index contributed by atoms with van der Waals surface area (Å²) in [5.74, 6) is -0.340. The van der Waals surface area contributed by atoms with Crippen molar-refractivity contribution < 1.29 is 9.50 Å². The van der Waals surface area contributed by atoms with Gasteiger partial charge in [0, 0.05) is 17.1 Å². The number of aliphatic hydroxyl groups excluding tert-OH is 1. The third kappa shape index (κ3) is 3.07. The zero-order valence-electron chi connectivity index (χ0n) is 9.28. The van der Waals surface area contributed by atoms with Crippen molar-refractivity contribution in [2.45, 2.75) is 12.5 Å². The molecule has 0 amide bonds. The van der Waals surface area contributed by atoms with Crippen LogP contribution in [0, 0.1) is 5.82 Å². The smallest absolute Gasteiger partial charge is 0.123 e. The van der Waals surface area contributed by atoms with Crippen molar-refractivity contribution in [1.82, 2.24) is 4.98 Å². The molecule has 0 spiro atoms. The van der Waals surface area contributed by atoms with Crippen LogP contribution in [-0.4, -0.2) is 10.1 Å². The van der Waals surface area contributed by atoms with Crippen molar-refractivity contribution in [2.24, 2.45) is 0 Å². The Labute approximate surface area is 118 Å². The molecule has 1 aromatic carbocycles. The summed E-state index contributed by atoms with van der Waals surface area (Å²) in [5, 5.41) is 10.5. The van der Waals surface area contributed by atoms with E-state index in [0.717, 1.165) is 4.47 Å². The molecule has 0 saturated carbocycles. The maximum atomic E-state index is 13.1. The van der Waals surface area contributed by atoms with Crippen LogP contribution >= 0.6 is 27.5 Å². The van der Waals surface area contributed by atoms with E-state index in [0.29, 0.717) is 16.3 Å². The van der Waals surface area contributed by atoms with E-state index >= 15 is 0 Å². The fraction of sp³-hybridized carbons (Fsp3) is 0.154. The molecule has 0 saturated heterocycles. The van der Waals surface area contributed by atoms with E-state index in [9.17, 15) is 9.50 Å². The SMILES string of the molecule is OC(Cc1cc(F)ccc1Br)c1ncccc1Cl. The molecule has 0 fully saturated rings. The van der Waals surface area contributed by atoms with Gasteiger partial charge in [-0.05, 0) is 35.9 Å². The lowest BCUT2D eigenvalue weighted by Crippen LogP contribution is -2.05. The molecule has 0 aliphatic heterocycles. The van der Waals surface area contributed by atoms with Crippen molar-refractivity contribution in [3.8, 4) is 0 Å². The molecule has 94 valence electrons. The normalized spacial score (nSPS) is 12.4. The Morgan fingerprint density at radius 2 is 2.17 bits per heavy atom. The second kappa shape index (κ2) is 5.78. The fourth-order valence-corrected chi connectivity index (χ4v) is 2.30. The lowest BCUT2D eigenvalue weighted by atomic mass is 10.1. The fourth-order valence-electron chi connectivity index (χ4n) is 1.65. The summed E-state index contributed by atoms with van der Waals surface area (Å²) in [6.45, 7) is 0. The van der Waals surface area contributed by atoms with Crippen molar-refractivity contribution in [3.63, 3.8) is 0 Å². The first-order valence-corrected chi connectivity index (χ1v) is 6.47. The number of nitrogens with zero attached hydrogens (tertiary/aromatic N) is 1. The van der Waals surface area contributed by atoms with E-state index in [1.807, 2.05) is 0 Å². The minimum atomic E-state index is -0.864. The van der Waals surface area contributed by atoms with Crippen LogP contribution in [0.5, 0.6) is 0 Å². The standard InChI is InChI=1S/C13H10BrClFNO/c14-10-4-3-9(16)6-8(10)7-12(18)13-11(15)2-1-5-17-13/h1-6,12,18H,7H2. The highest BCUT2D eigenvalue weighted by Crippen LogP contribution is 2.27. The predicted molar refractivity (Wildman–Crippen MR) is 72.0 cm³/mol. The van der Waals surface area contributed by atoms with Crippen LogP contribution in [0.2, 0.25) is 5.02 Å². The highest BCUT2D eigenvalue weighted by molar-refractivity contribution is 9.10. The monoisotopic (exact) mass is 329 g/mol. The number of rotatable bonds is 3. The minimum absolute atomic E-state index is 0.245. The molecule has 2 aromatic rings. The van der Waals surface area contributed by atoms with Gasteiger partial charge in [0.05, 0.1) is 10.7 Å². The lowest BCUT2D eigenvalue weighted by Gasteiger charge is -2.12. The first-order chi connectivity index (χ1) is 8.58.